The Balaban J connectivity index is 1.32. The van der Waals surface area contributed by atoms with Gasteiger partial charge in [0.15, 0.2) is 5.69 Å². The van der Waals surface area contributed by atoms with E-state index in [2.05, 4.69) is 15.2 Å². The van der Waals surface area contributed by atoms with Crippen molar-refractivity contribution in [1.29, 1.82) is 0 Å². The minimum Gasteiger partial charge on any atom is -0.379 e. The summed E-state index contributed by atoms with van der Waals surface area (Å²) in [4.78, 5) is 16.8. The maximum Gasteiger partial charge on any atom is 0.276 e. The first-order chi connectivity index (χ1) is 10.8. The molecular weight excluding hydrogens is 282 g/mol. The van der Waals surface area contributed by atoms with E-state index in [0.29, 0.717) is 11.7 Å². The standard InChI is InChI=1S/C15H23N5O2/c21-15(20-10-12-2-1-3-14(12)20)13-11-19(17-16-13)5-4-18-6-8-22-9-7-18/h11-12,14H,1-10H2. The number of rotatable bonds is 4. The Morgan fingerprint density at radius 3 is 2.95 bits per heavy atom. The van der Waals surface area contributed by atoms with E-state index in [0.717, 1.165) is 58.3 Å². The van der Waals surface area contributed by atoms with Gasteiger partial charge < -0.3 is 9.64 Å². The molecule has 2 atom stereocenters. The highest BCUT2D eigenvalue weighted by Gasteiger charge is 2.45. The van der Waals surface area contributed by atoms with Crippen molar-refractivity contribution in [3.8, 4) is 0 Å². The van der Waals surface area contributed by atoms with E-state index in [9.17, 15) is 4.79 Å². The van der Waals surface area contributed by atoms with Gasteiger partial charge in [0.25, 0.3) is 5.91 Å². The van der Waals surface area contributed by atoms with Gasteiger partial charge in [0.1, 0.15) is 0 Å². The average molecular weight is 305 g/mol. The molecule has 4 rings (SSSR count). The van der Waals surface area contributed by atoms with Crippen molar-refractivity contribution in [3.05, 3.63) is 11.9 Å². The molecule has 22 heavy (non-hydrogen) atoms. The van der Waals surface area contributed by atoms with E-state index in [1.807, 2.05) is 4.90 Å². The minimum absolute atomic E-state index is 0.0563. The second-order valence-electron chi connectivity index (χ2n) is 6.54. The first-order valence-corrected chi connectivity index (χ1v) is 8.32. The number of aromatic nitrogens is 3. The van der Waals surface area contributed by atoms with Gasteiger partial charge in [0.05, 0.1) is 26.0 Å². The summed E-state index contributed by atoms with van der Waals surface area (Å²) < 4.78 is 7.13. The number of amides is 1. The monoisotopic (exact) mass is 305 g/mol. The van der Waals surface area contributed by atoms with Crippen LogP contribution in [0, 0.1) is 5.92 Å². The van der Waals surface area contributed by atoms with Crippen LogP contribution in [-0.4, -0.2) is 76.1 Å². The molecule has 0 spiro atoms. The molecule has 7 heteroatoms. The third-order valence-electron chi connectivity index (χ3n) is 5.22. The molecular formula is C15H23N5O2. The lowest BCUT2D eigenvalue weighted by Crippen LogP contribution is -2.56. The topological polar surface area (TPSA) is 63.5 Å². The summed E-state index contributed by atoms with van der Waals surface area (Å²) in [6.07, 6.45) is 5.48. The van der Waals surface area contributed by atoms with Crippen molar-refractivity contribution in [1.82, 2.24) is 24.8 Å². The van der Waals surface area contributed by atoms with Crippen molar-refractivity contribution < 1.29 is 9.53 Å². The van der Waals surface area contributed by atoms with E-state index < -0.39 is 0 Å². The Morgan fingerprint density at radius 1 is 1.27 bits per heavy atom. The molecule has 7 nitrogen and oxygen atoms in total. The lowest BCUT2D eigenvalue weighted by Gasteiger charge is -2.44. The van der Waals surface area contributed by atoms with E-state index in [1.54, 1.807) is 10.9 Å². The summed E-state index contributed by atoms with van der Waals surface area (Å²) in [5.41, 5.74) is 0.493. The SMILES string of the molecule is O=C(c1cn(CCN2CCOCC2)nn1)N1CC2CCCC21. The van der Waals surface area contributed by atoms with Gasteiger partial charge in [0.2, 0.25) is 0 Å². The van der Waals surface area contributed by atoms with Crippen molar-refractivity contribution in [2.75, 3.05) is 39.4 Å². The van der Waals surface area contributed by atoms with Crippen LogP contribution >= 0.6 is 0 Å². The van der Waals surface area contributed by atoms with Crippen LogP contribution in [0.25, 0.3) is 0 Å². The summed E-state index contributed by atoms with van der Waals surface area (Å²) >= 11 is 0. The zero-order chi connectivity index (χ0) is 14.9. The summed E-state index contributed by atoms with van der Waals surface area (Å²) in [5.74, 6) is 0.793. The van der Waals surface area contributed by atoms with Crippen LogP contribution in [0.3, 0.4) is 0 Å². The molecule has 3 fully saturated rings. The quantitative estimate of drug-likeness (QED) is 0.797. The van der Waals surface area contributed by atoms with Gasteiger partial charge in [-0.1, -0.05) is 11.6 Å². The summed E-state index contributed by atoms with van der Waals surface area (Å²) in [7, 11) is 0. The van der Waals surface area contributed by atoms with Crippen LogP contribution in [0.15, 0.2) is 6.20 Å². The zero-order valence-corrected chi connectivity index (χ0v) is 12.9. The molecule has 1 aromatic rings. The fourth-order valence-corrected chi connectivity index (χ4v) is 3.85. The van der Waals surface area contributed by atoms with Gasteiger partial charge in [-0.2, -0.15) is 0 Å². The Hall–Kier alpha value is -1.47. The van der Waals surface area contributed by atoms with Crippen molar-refractivity contribution in [2.45, 2.75) is 31.8 Å². The van der Waals surface area contributed by atoms with Gasteiger partial charge in [-0.3, -0.25) is 14.4 Å². The molecule has 1 aromatic heterocycles. The lowest BCUT2D eigenvalue weighted by molar-refractivity contribution is 0.0263. The van der Waals surface area contributed by atoms with Gasteiger partial charge in [-0.05, 0) is 18.8 Å². The number of morpholine rings is 1. The average Bonchev–Trinajstić information content (AvgIpc) is 3.14. The first kappa shape index (κ1) is 14.1. The largest absolute Gasteiger partial charge is 0.379 e. The smallest absolute Gasteiger partial charge is 0.276 e. The van der Waals surface area contributed by atoms with Gasteiger partial charge >= 0.3 is 0 Å². The normalized spacial score (nSPS) is 28.5. The summed E-state index contributed by atoms with van der Waals surface area (Å²) in [6.45, 7) is 6.15. The fourth-order valence-electron chi connectivity index (χ4n) is 3.85. The van der Waals surface area contributed by atoms with Crippen molar-refractivity contribution in [2.24, 2.45) is 5.92 Å². The molecule has 1 saturated carbocycles. The number of likely N-dealkylation sites (tertiary alicyclic amines) is 1. The molecule has 2 aliphatic heterocycles. The predicted molar refractivity (Wildman–Crippen MR) is 79.4 cm³/mol. The van der Waals surface area contributed by atoms with Crippen LogP contribution in [0.5, 0.6) is 0 Å². The number of nitrogens with zero attached hydrogens (tertiary/aromatic N) is 5. The van der Waals surface area contributed by atoms with E-state index in [4.69, 9.17) is 4.74 Å². The number of hydrogen-bond donors (Lipinski definition) is 0. The fraction of sp³-hybridized carbons (Fsp3) is 0.800. The minimum atomic E-state index is 0.0563. The molecule has 1 amide bonds. The second kappa shape index (κ2) is 5.96. The molecule has 0 radical (unpaired) electrons. The number of fused-ring (bicyclic) bond motifs is 1. The molecule has 0 bridgehead atoms. The Morgan fingerprint density at radius 2 is 2.14 bits per heavy atom. The molecule has 3 aliphatic rings. The maximum atomic E-state index is 12.5. The molecule has 3 heterocycles. The number of hydrogen-bond acceptors (Lipinski definition) is 5. The number of ether oxygens (including phenoxy) is 1. The van der Waals surface area contributed by atoms with Crippen molar-refractivity contribution >= 4 is 5.91 Å². The number of carbonyl (C=O) groups is 1. The second-order valence-corrected chi connectivity index (χ2v) is 6.54. The van der Waals surface area contributed by atoms with Gasteiger partial charge in [-0.15, -0.1) is 5.10 Å². The van der Waals surface area contributed by atoms with Gasteiger partial charge in [0, 0.05) is 32.2 Å². The predicted octanol–water partition coefficient (Wildman–Crippen LogP) is 0.235. The Kier molecular flexibility index (Phi) is 3.83. The summed E-state index contributed by atoms with van der Waals surface area (Å²) in [5, 5.41) is 8.18. The maximum absolute atomic E-state index is 12.5. The van der Waals surface area contributed by atoms with Crippen LogP contribution in [0.1, 0.15) is 29.8 Å². The zero-order valence-electron chi connectivity index (χ0n) is 12.9. The van der Waals surface area contributed by atoms with Crippen LogP contribution < -0.4 is 0 Å². The molecule has 0 N–H and O–H groups in total. The van der Waals surface area contributed by atoms with Crippen molar-refractivity contribution in [3.63, 3.8) is 0 Å². The van der Waals surface area contributed by atoms with E-state index in [-0.39, 0.29) is 5.91 Å². The highest BCUT2D eigenvalue weighted by atomic mass is 16.5. The van der Waals surface area contributed by atoms with Crippen LogP contribution in [-0.2, 0) is 11.3 Å². The summed E-state index contributed by atoms with van der Waals surface area (Å²) in [6, 6.07) is 0.464. The molecule has 1 aliphatic carbocycles. The lowest BCUT2D eigenvalue weighted by atomic mass is 9.91. The Bertz CT molecular complexity index is 540. The third kappa shape index (κ3) is 2.63. The Labute approximate surface area is 130 Å². The molecule has 120 valence electrons. The first-order valence-electron chi connectivity index (χ1n) is 8.32. The number of carbonyl (C=O) groups excluding carboxylic acids is 1. The van der Waals surface area contributed by atoms with E-state index in [1.165, 1.54) is 12.8 Å². The highest BCUT2D eigenvalue weighted by molar-refractivity contribution is 5.92. The third-order valence-corrected chi connectivity index (χ3v) is 5.22. The van der Waals surface area contributed by atoms with Crippen LogP contribution in [0.4, 0.5) is 0 Å². The molecule has 2 unspecified atom stereocenters. The van der Waals surface area contributed by atoms with E-state index >= 15 is 0 Å². The van der Waals surface area contributed by atoms with Gasteiger partial charge in [-0.25, -0.2) is 0 Å². The molecule has 0 aromatic carbocycles. The van der Waals surface area contributed by atoms with Crippen LogP contribution in [0.2, 0.25) is 0 Å². The highest BCUT2D eigenvalue weighted by Crippen LogP contribution is 2.39. The molecule has 2 saturated heterocycles.